The summed E-state index contributed by atoms with van der Waals surface area (Å²) >= 11 is 0. The average Bonchev–Trinajstić information content (AvgIpc) is 2.83. The van der Waals surface area contributed by atoms with Crippen LogP contribution in [0.5, 0.6) is 5.75 Å². The summed E-state index contributed by atoms with van der Waals surface area (Å²) in [5.41, 5.74) is 1.37. The van der Waals surface area contributed by atoms with E-state index in [2.05, 4.69) is 42.9 Å². The molecule has 0 aliphatic carbocycles. The number of aromatic nitrogens is 1. The summed E-state index contributed by atoms with van der Waals surface area (Å²) in [6.45, 7) is 9.94. The quantitative estimate of drug-likeness (QED) is 0.342. The van der Waals surface area contributed by atoms with E-state index in [1.165, 1.54) is 19.2 Å². The Hall–Kier alpha value is -3.24. The molecular weight excluding hydrogens is 466 g/mol. The van der Waals surface area contributed by atoms with Gasteiger partial charge in [0.15, 0.2) is 23.7 Å². The monoisotopic (exact) mass is 500 g/mol. The third-order valence-corrected chi connectivity index (χ3v) is 5.02. The predicted molar refractivity (Wildman–Crippen MR) is 134 cm³/mol. The number of anilines is 1. The molecule has 7 nitrogen and oxygen atoms in total. The van der Waals surface area contributed by atoms with E-state index in [1.54, 1.807) is 18.3 Å². The lowest BCUT2D eigenvalue weighted by Crippen LogP contribution is -2.35. The van der Waals surface area contributed by atoms with Crippen molar-refractivity contribution in [1.29, 1.82) is 5.26 Å². The van der Waals surface area contributed by atoms with Gasteiger partial charge in [-0.15, -0.1) is 0 Å². The van der Waals surface area contributed by atoms with Crippen LogP contribution in [-0.2, 0) is 16.0 Å². The molecule has 0 amide bonds. The minimum absolute atomic E-state index is 0.0110. The van der Waals surface area contributed by atoms with Gasteiger partial charge in [-0.2, -0.15) is 5.26 Å². The summed E-state index contributed by atoms with van der Waals surface area (Å²) in [7, 11) is 1.22. The van der Waals surface area contributed by atoms with Crippen LogP contribution < -0.4 is 15.0 Å². The number of hydrogen-bond donors (Lipinski definition) is 1. The summed E-state index contributed by atoms with van der Waals surface area (Å²) in [6, 6.07) is 7.80. The van der Waals surface area contributed by atoms with Crippen molar-refractivity contribution in [2.45, 2.75) is 52.5 Å². The highest BCUT2D eigenvalue weighted by Gasteiger charge is 2.17. The van der Waals surface area contributed by atoms with Gasteiger partial charge in [0.1, 0.15) is 18.4 Å². The second-order valence-corrected chi connectivity index (χ2v) is 8.97. The molecule has 1 aromatic heterocycles. The minimum Gasteiger partial charge on any atom is -0.491 e. The Morgan fingerprint density at radius 1 is 1.14 bits per heavy atom. The first-order valence-electron chi connectivity index (χ1n) is 11.7. The fourth-order valence-electron chi connectivity index (χ4n) is 3.28. The molecule has 0 spiro atoms. The molecule has 9 heteroatoms. The molecule has 0 aliphatic heterocycles. The molecule has 0 fully saturated rings. The van der Waals surface area contributed by atoms with E-state index in [1.807, 2.05) is 17.9 Å². The summed E-state index contributed by atoms with van der Waals surface area (Å²) in [6.07, 6.45) is 1.51. The predicted octanol–water partition coefficient (Wildman–Crippen LogP) is 4.41. The van der Waals surface area contributed by atoms with Crippen LogP contribution in [0.25, 0.3) is 0 Å². The van der Waals surface area contributed by atoms with E-state index in [9.17, 15) is 8.78 Å². The normalized spacial score (nSPS) is 11.8. The zero-order valence-corrected chi connectivity index (χ0v) is 21.5. The second-order valence-electron chi connectivity index (χ2n) is 8.97. The summed E-state index contributed by atoms with van der Waals surface area (Å²) in [4.78, 5) is 6.02. The van der Waals surface area contributed by atoms with Crippen LogP contribution in [0.4, 0.5) is 14.5 Å². The summed E-state index contributed by atoms with van der Waals surface area (Å²) < 4.78 is 44.9. The van der Waals surface area contributed by atoms with Gasteiger partial charge in [0.2, 0.25) is 0 Å². The maximum Gasteiger partial charge on any atom is 0.190 e. The Kier molecular flexibility index (Phi) is 11.6. The van der Waals surface area contributed by atoms with Crippen molar-refractivity contribution >= 4 is 5.69 Å². The van der Waals surface area contributed by atoms with E-state index < -0.39 is 23.7 Å². The number of benzene rings is 1. The Morgan fingerprint density at radius 3 is 2.42 bits per heavy atom. The van der Waals surface area contributed by atoms with Gasteiger partial charge < -0.3 is 24.4 Å². The number of methoxy groups -OCH3 is 1. The van der Waals surface area contributed by atoms with Crippen LogP contribution in [0.15, 0.2) is 30.5 Å². The lowest BCUT2D eigenvalue weighted by atomic mass is 10.1. The van der Waals surface area contributed by atoms with Gasteiger partial charge in [0.05, 0.1) is 25.5 Å². The number of halogens is 2. The molecule has 1 heterocycles. The highest BCUT2D eigenvalue weighted by Crippen LogP contribution is 2.25. The molecule has 1 N–H and O–H groups in total. The average molecular weight is 501 g/mol. The van der Waals surface area contributed by atoms with Crippen molar-refractivity contribution in [1.82, 2.24) is 10.3 Å². The van der Waals surface area contributed by atoms with Crippen LogP contribution >= 0.6 is 0 Å². The summed E-state index contributed by atoms with van der Waals surface area (Å²) in [5, 5.41) is 12.3. The van der Waals surface area contributed by atoms with Crippen molar-refractivity contribution in [2.75, 3.05) is 38.3 Å². The molecule has 2 rings (SSSR count). The molecule has 194 valence electrons. The van der Waals surface area contributed by atoms with Crippen molar-refractivity contribution in [3.05, 3.63) is 53.4 Å². The van der Waals surface area contributed by atoms with Crippen LogP contribution in [0.2, 0.25) is 0 Å². The van der Waals surface area contributed by atoms with Crippen molar-refractivity contribution < 1.29 is 23.0 Å². The molecule has 0 bridgehead atoms. The number of rotatable bonds is 12. The van der Waals surface area contributed by atoms with Crippen molar-refractivity contribution in [3.63, 3.8) is 0 Å². The number of ether oxygens (including phenoxy) is 3. The molecule has 1 atom stereocenters. The van der Waals surface area contributed by atoms with Gasteiger partial charge in [-0.25, -0.2) is 13.8 Å². The fraction of sp³-hybridized carbons (Fsp3) is 0.481. The molecule has 1 unspecified atom stereocenters. The summed E-state index contributed by atoms with van der Waals surface area (Å²) in [5.74, 6) is 4.03. The van der Waals surface area contributed by atoms with E-state index in [0.717, 1.165) is 0 Å². The second kappa shape index (κ2) is 14.4. The van der Waals surface area contributed by atoms with Crippen molar-refractivity contribution in [3.8, 4) is 23.7 Å². The number of nitrogens with one attached hydrogen (secondary N) is 1. The molecule has 36 heavy (non-hydrogen) atoms. The van der Waals surface area contributed by atoms with E-state index >= 15 is 0 Å². The third kappa shape index (κ3) is 9.79. The maximum absolute atomic E-state index is 14.3. The first-order valence-corrected chi connectivity index (χ1v) is 11.7. The standard InChI is InChI=1S/C27H34F2N4O3/c1-6-35-25(36-14-8-7-12-32-27(2,3)4)11-13-33(22-10-9-21(17-30)31-18-22)19-20-15-23(28)26(34-5)24(29)16-20/h9-10,15-16,18,25,32H,6,11-14,19H2,1-5H3. The lowest BCUT2D eigenvalue weighted by molar-refractivity contribution is -0.132. The van der Waals surface area contributed by atoms with Crippen molar-refractivity contribution in [2.24, 2.45) is 0 Å². The Morgan fingerprint density at radius 2 is 1.86 bits per heavy atom. The molecule has 0 aliphatic rings. The van der Waals surface area contributed by atoms with Gasteiger partial charge in [0, 0.05) is 31.7 Å². The first kappa shape index (κ1) is 29.0. The molecule has 1 aromatic carbocycles. The van der Waals surface area contributed by atoms with Crippen LogP contribution in [0.1, 0.15) is 45.4 Å². The number of nitriles is 1. The van der Waals surface area contributed by atoms with E-state index in [-0.39, 0.29) is 24.4 Å². The zero-order valence-electron chi connectivity index (χ0n) is 21.5. The highest BCUT2D eigenvalue weighted by atomic mass is 19.1. The zero-order chi connectivity index (χ0) is 26.6. The smallest absolute Gasteiger partial charge is 0.190 e. The van der Waals surface area contributed by atoms with Crippen LogP contribution in [-0.4, -0.2) is 50.2 Å². The fourth-order valence-corrected chi connectivity index (χ4v) is 3.28. The van der Waals surface area contributed by atoms with Gasteiger partial charge in [-0.3, -0.25) is 0 Å². The minimum atomic E-state index is -0.777. The Balaban J connectivity index is 2.11. The van der Waals surface area contributed by atoms with E-state index in [0.29, 0.717) is 37.4 Å². The van der Waals surface area contributed by atoms with Gasteiger partial charge in [-0.1, -0.05) is 11.8 Å². The molecule has 0 saturated heterocycles. The van der Waals surface area contributed by atoms with E-state index in [4.69, 9.17) is 19.5 Å². The van der Waals surface area contributed by atoms with Crippen LogP contribution in [0.3, 0.4) is 0 Å². The highest BCUT2D eigenvalue weighted by molar-refractivity contribution is 5.47. The molecule has 2 aromatic rings. The Labute approximate surface area is 212 Å². The van der Waals surface area contributed by atoms with Gasteiger partial charge in [0.25, 0.3) is 0 Å². The van der Waals surface area contributed by atoms with Gasteiger partial charge in [-0.05, 0) is 57.5 Å². The topological polar surface area (TPSA) is 79.6 Å². The SMILES string of the molecule is CCOC(CCN(Cc1cc(F)c(OC)c(F)c1)c1ccc(C#N)nc1)OCC#CCNC(C)(C)C. The van der Waals surface area contributed by atoms with Crippen LogP contribution in [0, 0.1) is 34.8 Å². The molecule has 0 saturated carbocycles. The first-order chi connectivity index (χ1) is 17.2. The molecular formula is C27H34F2N4O3. The Bertz CT molecular complexity index is 1050. The lowest BCUT2D eigenvalue weighted by Gasteiger charge is -2.27. The van der Waals surface area contributed by atoms with Gasteiger partial charge >= 0.3 is 0 Å². The molecule has 0 radical (unpaired) electrons. The largest absolute Gasteiger partial charge is 0.491 e. The maximum atomic E-state index is 14.3. The number of nitrogens with zero attached hydrogens (tertiary/aromatic N) is 3. The number of hydrogen-bond acceptors (Lipinski definition) is 7. The number of pyridine rings is 1. The third-order valence-electron chi connectivity index (χ3n) is 5.02.